The standard InChI is InChI=1S/C37H48FN3O6S/c1-22(2)20-37(33(43)47-36(7,8)9)21-27(23(3)45-34(39)46-26-14-12-25(38)13-15-26)30(31-40-17-18-48-31)41(37)32(42)24-11-16-28(35(4,5)6)29(19-24)44-10/h11-19,22-23,27,30,39H,20-21H2,1-10H3/t23?,27?,30-,37+/m1/s1. The number of benzene rings is 2. The summed E-state index contributed by atoms with van der Waals surface area (Å²) in [7, 11) is 1.58. The van der Waals surface area contributed by atoms with Gasteiger partial charge in [-0.2, -0.15) is 0 Å². The lowest BCUT2D eigenvalue weighted by Crippen LogP contribution is -2.56. The summed E-state index contributed by atoms with van der Waals surface area (Å²) >= 11 is 1.38. The second-order valence-corrected chi connectivity index (χ2v) is 15.7. The third kappa shape index (κ3) is 8.17. The van der Waals surface area contributed by atoms with Crippen molar-refractivity contribution in [3.8, 4) is 11.5 Å². The van der Waals surface area contributed by atoms with Gasteiger partial charge >= 0.3 is 12.1 Å². The number of halogens is 1. The Morgan fingerprint density at radius 2 is 1.75 bits per heavy atom. The van der Waals surface area contributed by atoms with Crippen molar-refractivity contribution in [3.63, 3.8) is 0 Å². The molecule has 1 aromatic heterocycles. The summed E-state index contributed by atoms with van der Waals surface area (Å²) in [6, 6.07) is 9.98. The Kier molecular flexibility index (Phi) is 10.9. The van der Waals surface area contributed by atoms with Crippen molar-refractivity contribution < 1.29 is 32.9 Å². The zero-order chi connectivity index (χ0) is 35.6. The highest BCUT2D eigenvalue weighted by Gasteiger charge is 2.62. The van der Waals surface area contributed by atoms with E-state index in [1.54, 1.807) is 58.0 Å². The van der Waals surface area contributed by atoms with Crippen LogP contribution in [0.3, 0.4) is 0 Å². The molecule has 1 aliphatic heterocycles. The summed E-state index contributed by atoms with van der Waals surface area (Å²) < 4.78 is 36.9. The fourth-order valence-corrected chi connectivity index (χ4v) is 7.25. The van der Waals surface area contributed by atoms with Gasteiger partial charge in [-0.3, -0.25) is 4.79 Å². The van der Waals surface area contributed by atoms with Gasteiger partial charge in [0.1, 0.15) is 39.6 Å². The maximum absolute atomic E-state index is 15.0. The summed E-state index contributed by atoms with van der Waals surface area (Å²) in [6.45, 7) is 17.4. The molecule has 1 aliphatic rings. The van der Waals surface area contributed by atoms with Crippen molar-refractivity contribution in [2.75, 3.05) is 7.11 Å². The van der Waals surface area contributed by atoms with E-state index >= 15 is 4.79 Å². The molecule has 1 N–H and O–H groups in total. The number of amides is 1. The van der Waals surface area contributed by atoms with Crippen LogP contribution in [0.25, 0.3) is 0 Å². The monoisotopic (exact) mass is 681 g/mol. The first-order chi connectivity index (χ1) is 22.4. The number of esters is 1. The molecule has 9 nitrogen and oxygen atoms in total. The number of nitrogens with zero attached hydrogens (tertiary/aromatic N) is 2. The molecule has 0 spiro atoms. The number of thiazole rings is 1. The van der Waals surface area contributed by atoms with Crippen LogP contribution in [0.4, 0.5) is 4.39 Å². The number of methoxy groups -OCH3 is 1. The zero-order valence-electron chi connectivity index (χ0n) is 29.5. The Morgan fingerprint density at radius 1 is 1.08 bits per heavy atom. The molecule has 0 bridgehead atoms. The number of rotatable bonds is 9. The third-order valence-electron chi connectivity index (χ3n) is 8.34. The lowest BCUT2D eigenvalue weighted by atomic mass is 9.82. The van der Waals surface area contributed by atoms with E-state index < -0.39 is 47.1 Å². The lowest BCUT2D eigenvalue weighted by molar-refractivity contribution is -0.168. The Labute approximate surface area is 287 Å². The summed E-state index contributed by atoms with van der Waals surface area (Å²) in [5.74, 6) is -0.998. The van der Waals surface area contributed by atoms with Crippen LogP contribution >= 0.6 is 11.3 Å². The van der Waals surface area contributed by atoms with Crippen molar-refractivity contribution in [3.05, 3.63) is 76.0 Å². The smallest absolute Gasteiger partial charge is 0.386 e. The van der Waals surface area contributed by atoms with Crippen LogP contribution in [0.1, 0.15) is 102 Å². The van der Waals surface area contributed by atoms with Crippen LogP contribution in [0.5, 0.6) is 11.5 Å². The number of hydrogen-bond donors (Lipinski definition) is 1. The zero-order valence-corrected chi connectivity index (χ0v) is 30.4. The molecule has 260 valence electrons. The Hall–Kier alpha value is -3.99. The molecule has 0 radical (unpaired) electrons. The average Bonchev–Trinajstić information content (AvgIpc) is 3.63. The van der Waals surface area contributed by atoms with Crippen LogP contribution in [0.2, 0.25) is 0 Å². The summed E-state index contributed by atoms with van der Waals surface area (Å²) in [5, 5.41) is 10.9. The molecule has 2 aromatic carbocycles. The van der Waals surface area contributed by atoms with Gasteiger partial charge in [0.25, 0.3) is 5.91 Å². The second-order valence-electron chi connectivity index (χ2n) is 14.8. The third-order valence-corrected chi connectivity index (χ3v) is 9.19. The highest BCUT2D eigenvalue weighted by atomic mass is 32.1. The maximum Gasteiger partial charge on any atom is 0.386 e. The molecule has 4 atom stereocenters. The molecule has 0 saturated carbocycles. The number of carbonyl (C=O) groups excluding carboxylic acids is 2. The van der Waals surface area contributed by atoms with Crippen LogP contribution < -0.4 is 9.47 Å². The van der Waals surface area contributed by atoms with Crippen molar-refractivity contribution >= 4 is 29.3 Å². The van der Waals surface area contributed by atoms with Crippen LogP contribution in [-0.4, -0.2) is 52.2 Å². The number of carbonyl (C=O) groups is 2. The van der Waals surface area contributed by atoms with Crippen LogP contribution in [0.15, 0.2) is 54.0 Å². The predicted octanol–water partition coefficient (Wildman–Crippen LogP) is 8.34. The average molecular weight is 682 g/mol. The van der Waals surface area contributed by atoms with Gasteiger partial charge in [-0.25, -0.2) is 19.6 Å². The molecule has 1 fully saturated rings. The molecule has 2 heterocycles. The molecule has 0 aliphatic carbocycles. The Morgan fingerprint density at radius 3 is 2.29 bits per heavy atom. The van der Waals surface area contributed by atoms with Gasteiger partial charge in [0, 0.05) is 23.1 Å². The molecule has 1 amide bonds. The van der Waals surface area contributed by atoms with Gasteiger partial charge in [-0.15, -0.1) is 11.3 Å². The predicted molar refractivity (Wildman–Crippen MR) is 184 cm³/mol. The quantitative estimate of drug-likeness (QED) is 0.137. The topological polar surface area (TPSA) is 111 Å². The van der Waals surface area contributed by atoms with Gasteiger partial charge in [-0.05, 0) is 93.8 Å². The lowest BCUT2D eigenvalue weighted by Gasteiger charge is -2.41. The molecule has 3 aromatic rings. The summed E-state index contributed by atoms with van der Waals surface area (Å²) in [5.41, 5.74) is -1.15. The van der Waals surface area contributed by atoms with E-state index in [-0.39, 0.29) is 29.4 Å². The molecule has 11 heteroatoms. The number of aromatic nitrogens is 1. The van der Waals surface area contributed by atoms with E-state index in [0.29, 0.717) is 22.7 Å². The number of nitrogens with one attached hydrogen (secondary N) is 1. The Bertz CT molecular complexity index is 1600. The summed E-state index contributed by atoms with van der Waals surface area (Å²) in [4.78, 5) is 35.9. The molecular weight excluding hydrogens is 633 g/mol. The highest BCUT2D eigenvalue weighted by molar-refractivity contribution is 7.09. The van der Waals surface area contributed by atoms with E-state index in [9.17, 15) is 9.18 Å². The number of hydrogen-bond acceptors (Lipinski definition) is 9. The van der Waals surface area contributed by atoms with Crippen molar-refractivity contribution in [1.29, 1.82) is 5.41 Å². The van der Waals surface area contributed by atoms with Gasteiger partial charge < -0.3 is 23.8 Å². The van der Waals surface area contributed by atoms with E-state index in [2.05, 4.69) is 25.8 Å². The maximum atomic E-state index is 15.0. The summed E-state index contributed by atoms with van der Waals surface area (Å²) in [6.07, 6.45) is 0.974. The van der Waals surface area contributed by atoms with Crippen LogP contribution in [0, 0.1) is 23.1 Å². The largest absolute Gasteiger partial charge is 0.496 e. The SMILES string of the molecule is COc1cc(C(=O)N2[C@@H](c3nccs3)C(C(C)OC(=N)Oc3ccc(F)cc3)C[C@@]2(CC(C)C)C(=O)OC(C)(C)C)ccc1C(C)(C)C. The van der Waals surface area contributed by atoms with Crippen molar-refractivity contribution in [2.45, 2.75) is 104 Å². The minimum atomic E-state index is -1.40. The van der Waals surface area contributed by atoms with Gasteiger partial charge in [0.15, 0.2) is 0 Å². The van der Waals surface area contributed by atoms with Crippen molar-refractivity contribution in [2.24, 2.45) is 11.8 Å². The van der Waals surface area contributed by atoms with E-state index in [1.807, 2.05) is 25.3 Å². The van der Waals surface area contributed by atoms with E-state index in [4.69, 9.17) is 24.4 Å². The van der Waals surface area contributed by atoms with Gasteiger partial charge in [-0.1, -0.05) is 40.7 Å². The first kappa shape index (κ1) is 36.8. The van der Waals surface area contributed by atoms with Crippen LogP contribution in [-0.2, 0) is 19.7 Å². The minimum Gasteiger partial charge on any atom is -0.496 e. The van der Waals surface area contributed by atoms with E-state index in [0.717, 1.165) is 5.56 Å². The minimum absolute atomic E-state index is 0.00218. The Balaban J connectivity index is 1.86. The van der Waals surface area contributed by atoms with Gasteiger partial charge in [0.2, 0.25) is 0 Å². The first-order valence-electron chi connectivity index (χ1n) is 16.2. The second kappa shape index (κ2) is 14.2. The highest BCUT2D eigenvalue weighted by Crippen LogP contribution is 2.53. The molecule has 2 unspecified atom stereocenters. The molecule has 48 heavy (non-hydrogen) atoms. The number of ether oxygens (including phenoxy) is 4. The molecule has 1 saturated heterocycles. The van der Waals surface area contributed by atoms with Gasteiger partial charge in [0.05, 0.1) is 13.2 Å². The molecule has 4 rings (SSSR count). The fourth-order valence-electron chi connectivity index (χ4n) is 6.44. The molecular formula is C37H48FN3O6S. The first-order valence-corrected chi connectivity index (χ1v) is 17.1. The van der Waals surface area contributed by atoms with E-state index in [1.165, 1.54) is 35.6 Å². The van der Waals surface area contributed by atoms with Crippen molar-refractivity contribution in [1.82, 2.24) is 9.88 Å². The fraction of sp³-hybridized carbons (Fsp3) is 0.514. The number of likely N-dealkylation sites (tertiary alicyclic amines) is 1. The normalized spacial score (nSPS) is 20.4.